The van der Waals surface area contributed by atoms with Crippen molar-refractivity contribution in [1.29, 1.82) is 0 Å². The summed E-state index contributed by atoms with van der Waals surface area (Å²) in [5, 5.41) is 4.64. The molecule has 2 aromatic heterocycles. The highest BCUT2D eigenvalue weighted by Crippen LogP contribution is 2.44. The molecular weight excluding hydrogens is 483 g/mol. The Balaban J connectivity index is 1.70. The van der Waals surface area contributed by atoms with Gasteiger partial charge in [0.2, 0.25) is 0 Å². The van der Waals surface area contributed by atoms with Crippen LogP contribution in [0.15, 0.2) is 72.9 Å². The number of thiocarbonyl (C=S) groups is 1. The summed E-state index contributed by atoms with van der Waals surface area (Å²) >= 11 is 12.1. The van der Waals surface area contributed by atoms with Crippen LogP contribution in [0, 0.1) is 19.7 Å². The van der Waals surface area contributed by atoms with Gasteiger partial charge in [0.1, 0.15) is 11.6 Å². The standard InChI is InChI=1S/C27H24ClFN4OS/c1-16-14-21(17(2)32(16)23-15-18(28)7-12-24(23)34-3)26-25(22-6-4-5-13-30-22)31-27(35)33(26)20-10-8-19(29)9-11-20/h4-15,25-26H,1-3H3,(H,31,35). The Morgan fingerprint density at radius 2 is 1.83 bits per heavy atom. The highest BCUT2D eigenvalue weighted by molar-refractivity contribution is 7.80. The SMILES string of the molecule is COc1ccc(Cl)cc1-n1c(C)cc(C2C(c3ccccn3)NC(=S)N2c2ccc(F)cc2)c1C. The molecule has 4 aromatic rings. The van der Waals surface area contributed by atoms with Gasteiger partial charge in [0.15, 0.2) is 5.11 Å². The number of hydrogen-bond acceptors (Lipinski definition) is 3. The molecule has 2 aromatic carbocycles. The number of rotatable bonds is 5. The lowest BCUT2D eigenvalue weighted by Crippen LogP contribution is -2.29. The van der Waals surface area contributed by atoms with Crippen molar-refractivity contribution in [2.75, 3.05) is 12.0 Å². The van der Waals surface area contributed by atoms with E-state index in [2.05, 4.69) is 34.8 Å². The van der Waals surface area contributed by atoms with Crippen LogP contribution in [-0.4, -0.2) is 21.8 Å². The number of benzene rings is 2. The summed E-state index contributed by atoms with van der Waals surface area (Å²) in [7, 11) is 1.65. The lowest BCUT2D eigenvalue weighted by atomic mass is 9.96. The van der Waals surface area contributed by atoms with Crippen molar-refractivity contribution in [3.05, 3.63) is 106 Å². The number of ether oxygens (including phenoxy) is 1. The van der Waals surface area contributed by atoms with Gasteiger partial charge < -0.3 is 19.5 Å². The molecule has 1 fully saturated rings. The van der Waals surface area contributed by atoms with E-state index in [1.807, 2.05) is 41.3 Å². The van der Waals surface area contributed by atoms with Gasteiger partial charge in [-0.3, -0.25) is 4.98 Å². The third-order valence-corrected chi connectivity index (χ3v) is 6.92. The molecule has 0 spiro atoms. The molecule has 3 heterocycles. The van der Waals surface area contributed by atoms with Crippen LogP contribution in [0.4, 0.5) is 10.1 Å². The molecule has 5 rings (SSSR count). The van der Waals surface area contributed by atoms with Gasteiger partial charge >= 0.3 is 0 Å². The summed E-state index contributed by atoms with van der Waals surface area (Å²) in [6, 6.07) is 19.5. The Morgan fingerprint density at radius 3 is 2.51 bits per heavy atom. The average Bonchev–Trinajstić information content (AvgIpc) is 3.35. The van der Waals surface area contributed by atoms with Gasteiger partial charge in [0.05, 0.1) is 30.6 Å². The predicted octanol–water partition coefficient (Wildman–Crippen LogP) is 6.47. The molecule has 8 heteroatoms. The molecule has 1 N–H and O–H groups in total. The van der Waals surface area contributed by atoms with Gasteiger partial charge in [0.25, 0.3) is 0 Å². The van der Waals surface area contributed by atoms with Gasteiger partial charge in [-0.1, -0.05) is 17.7 Å². The number of aryl methyl sites for hydroxylation is 1. The summed E-state index contributed by atoms with van der Waals surface area (Å²) in [4.78, 5) is 6.65. The number of halogens is 2. The first-order chi connectivity index (χ1) is 16.9. The molecule has 2 atom stereocenters. The Kier molecular flexibility index (Phi) is 6.21. The molecule has 0 aliphatic carbocycles. The Bertz CT molecular complexity index is 1390. The lowest BCUT2D eigenvalue weighted by Gasteiger charge is -2.28. The van der Waals surface area contributed by atoms with Crippen LogP contribution in [0.5, 0.6) is 5.75 Å². The molecule has 0 saturated carbocycles. The van der Waals surface area contributed by atoms with E-state index < -0.39 is 0 Å². The van der Waals surface area contributed by atoms with Gasteiger partial charge in [0, 0.05) is 28.3 Å². The van der Waals surface area contributed by atoms with Crippen LogP contribution < -0.4 is 15.0 Å². The van der Waals surface area contributed by atoms with E-state index in [0.717, 1.165) is 39.8 Å². The van der Waals surface area contributed by atoms with E-state index in [4.69, 9.17) is 28.6 Å². The summed E-state index contributed by atoms with van der Waals surface area (Å²) in [5.74, 6) is 0.426. The van der Waals surface area contributed by atoms with Crippen LogP contribution in [-0.2, 0) is 0 Å². The van der Waals surface area contributed by atoms with Gasteiger partial charge in [-0.25, -0.2) is 4.39 Å². The molecule has 178 valence electrons. The van der Waals surface area contributed by atoms with Crippen molar-refractivity contribution in [1.82, 2.24) is 14.9 Å². The van der Waals surface area contributed by atoms with Crippen LogP contribution in [0.25, 0.3) is 5.69 Å². The van der Waals surface area contributed by atoms with E-state index in [-0.39, 0.29) is 17.9 Å². The van der Waals surface area contributed by atoms with E-state index in [1.54, 1.807) is 25.4 Å². The zero-order chi connectivity index (χ0) is 24.7. The lowest BCUT2D eigenvalue weighted by molar-refractivity contribution is 0.412. The highest BCUT2D eigenvalue weighted by Gasteiger charge is 2.42. The summed E-state index contributed by atoms with van der Waals surface area (Å²) in [6.45, 7) is 4.12. The summed E-state index contributed by atoms with van der Waals surface area (Å²) < 4.78 is 21.5. The highest BCUT2D eigenvalue weighted by atomic mass is 35.5. The normalized spacial score (nSPS) is 17.5. The third-order valence-electron chi connectivity index (χ3n) is 6.37. The Morgan fingerprint density at radius 1 is 1.06 bits per heavy atom. The third kappa shape index (κ3) is 4.15. The Labute approximate surface area is 214 Å². The molecule has 1 aliphatic heterocycles. The fourth-order valence-corrected chi connectivity index (χ4v) is 5.36. The first-order valence-corrected chi connectivity index (χ1v) is 12.0. The maximum absolute atomic E-state index is 13.7. The van der Waals surface area contributed by atoms with Gasteiger partial charge in [-0.2, -0.15) is 0 Å². The predicted molar refractivity (Wildman–Crippen MR) is 141 cm³/mol. The minimum atomic E-state index is -0.295. The molecular formula is C27H24ClFN4OS. The maximum atomic E-state index is 13.7. The molecule has 0 amide bonds. The van der Waals surface area contributed by atoms with Crippen molar-refractivity contribution in [3.63, 3.8) is 0 Å². The average molecular weight is 507 g/mol. The minimum Gasteiger partial charge on any atom is -0.495 e. The minimum absolute atomic E-state index is 0.205. The molecule has 2 unspecified atom stereocenters. The quantitative estimate of drug-likeness (QED) is 0.314. The van der Waals surface area contributed by atoms with Crippen molar-refractivity contribution < 1.29 is 9.13 Å². The Hall–Kier alpha value is -3.42. The van der Waals surface area contributed by atoms with Crippen molar-refractivity contribution >= 4 is 34.6 Å². The first-order valence-electron chi connectivity index (χ1n) is 11.2. The number of anilines is 1. The fourth-order valence-electron chi connectivity index (χ4n) is 4.85. The van der Waals surface area contributed by atoms with Gasteiger partial charge in [-0.15, -0.1) is 0 Å². The van der Waals surface area contributed by atoms with E-state index >= 15 is 0 Å². The molecule has 5 nitrogen and oxygen atoms in total. The van der Waals surface area contributed by atoms with Crippen LogP contribution >= 0.6 is 23.8 Å². The first kappa shape index (κ1) is 23.3. The number of methoxy groups -OCH3 is 1. The van der Waals surface area contributed by atoms with Crippen LogP contribution in [0.2, 0.25) is 5.02 Å². The largest absolute Gasteiger partial charge is 0.495 e. The summed E-state index contributed by atoms with van der Waals surface area (Å²) in [5.41, 5.74) is 5.64. The van der Waals surface area contributed by atoms with Crippen molar-refractivity contribution in [2.24, 2.45) is 0 Å². The second-order valence-electron chi connectivity index (χ2n) is 8.45. The van der Waals surface area contributed by atoms with Crippen LogP contribution in [0.1, 0.15) is 34.7 Å². The number of nitrogens with one attached hydrogen (secondary N) is 1. The molecule has 1 aliphatic rings. The fraction of sp³-hybridized carbons (Fsp3) is 0.185. The maximum Gasteiger partial charge on any atom is 0.174 e. The molecule has 0 radical (unpaired) electrons. The smallest absolute Gasteiger partial charge is 0.174 e. The van der Waals surface area contributed by atoms with Crippen LogP contribution in [0.3, 0.4) is 0 Å². The second-order valence-corrected chi connectivity index (χ2v) is 9.27. The number of nitrogens with zero attached hydrogens (tertiary/aromatic N) is 3. The number of hydrogen-bond donors (Lipinski definition) is 1. The van der Waals surface area contributed by atoms with E-state index in [9.17, 15) is 4.39 Å². The number of aromatic nitrogens is 2. The zero-order valence-corrected chi connectivity index (χ0v) is 21.1. The molecule has 35 heavy (non-hydrogen) atoms. The van der Waals surface area contributed by atoms with Crippen molar-refractivity contribution in [2.45, 2.75) is 25.9 Å². The van der Waals surface area contributed by atoms with Crippen molar-refractivity contribution in [3.8, 4) is 11.4 Å². The topological polar surface area (TPSA) is 42.3 Å². The van der Waals surface area contributed by atoms with Gasteiger partial charge in [-0.05, 0) is 92.3 Å². The molecule has 1 saturated heterocycles. The zero-order valence-electron chi connectivity index (χ0n) is 19.5. The van der Waals surface area contributed by atoms with E-state index in [1.165, 1.54) is 12.1 Å². The van der Waals surface area contributed by atoms with E-state index in [0.29, 0.717) is 10.1 Å². The monoisotopic (exact) mass is 506 g/mol. The second kappa shape index (κ2) is 9.32. The number of pyridine rings is 1. The summed E-state index contributed by atoms with van der Waals surface area (Å²) in [6.07, 6.45) is 1.78. The molecule has 0 bridgehead atoms.